The molecule has 0 aliphatic carbocycles. The van der Waals surface area contributed by atoms with Gasteiger partial charge in [0.25, 0.3) is 0 Å². The fraction of sp³-hybridized carbons (Fsp3) is 0. The van der Waals surface area contributed by atoms with E-state index >= 15 is 0 Å². The van der Waals surface area contributed by atoms with Crippen LogP contribution in [0.5, 0.6) is 0 Å². The van der Waals surface area contributed by atoms with Crippen molar-refractivity contribution in [3.05, 3.63) is 109 Å². The molecule has 0 saturated carbocycles. The van der Waals surface area contributed by atoms with Gasteiger partial charge in [-0.25, -0.2) is 4.98 Å². The Hall–Kier alpha value is -4.77. The summed E-state index contributed by atoms with van der Waals surface area (Å²) in [4.78, 5) is 14.7. The van der Waals surface area contributed by atoms with E-state index in [0.717, 1.165) is 43.9 Å². The lowest BCUT2D eigenvalue weighted by atomic mass is 10.1. The van der Waals surface area contributed by atoms with Crippen LogP contribution in [0.1, 0.15) is 0 Å². The van der Waals surface area contributed by atoms with Crippen LogP contribution in [0, 0.1) is 0 Å². The fourth-order valence-electron chi connectivity index (χ4n) is 4.59. The summed E-state index contributed by atoms with van der Waals surface area (Å²) >= 11 is 0. The molecule has 0 saturated heterocycles. The Morgan fingerprint density at radius 1 is 0.559 bits per heavy atom. The van der Waals surface area contributed by atoms with E-state index in [1.54, 1.807) is 6.26 Å². The maximum Gasteiger partial charge on any atom is 0.238 e. The van der Waals surface area contributed by atoms with E-state index in [0.29, 0.717) is 17.6 Å². The van der Waals surface area contributed by atoms with Crippen LogP contribution in [-0.4, -0.2) is 19.5 Å². The molecule has 0 aliphatic rings. The lowest BCUT2D eigenvalue weighted by Gasteiger charge is -2.10. The zero-order valence-electron chi connectivity index (χ0n) is 18.1. The van der Waals surface area contributed by atoms with E-state index in [1.807, 2.05) is 78.9 Å². The van der Waals surface area contributed by atoms with Gasteiger partial charge in [-0.1, -0.05) is 78.9 Å². The number of furan rings is 1. The minimum Gasteiger partial charge on any atom is -0.464 e. The second-order valence-corrected chi connectivity index (χ2v) is 8.17. The van der Waals surface area contributed by atoms with Gasteiger partial charge in [-0.15, -0.1) is 0 Å². The van der Waals surface area contributed by atoms with Crippen molar-refractivity contribution in [3.8, 4) is 28.7 Å². The highest BCUT2D eigenvalue weighted by molar-refractivity contribution is 6.19. The van der Waals surface area contributed by atoms with Crippen molar-refractivity contribution in [2.75, 3.05) is 0 Å². The number of rotatable bonds is 3. The van der Waals surface area contributed by atoms with Crippen LogP contribution < -0.4 is 0 Å². The number of hydrogen-bond acceptors (Lipinski definition) is 4. The highest BCUT2D eigenvalue weighted by atomic mass is 16.3. The van der Waals surface area contributed by atoms with Crippen LogP contribution in [0.2, 0.25) is 0 Å². The molecule has 0 radical (unpaired) electrons. The summed E-state index contributed by atoms with van der Waals surface area (Å²) in [5.74, 6) is 1.84. The van der Waals surface area contributed by atoms with Crippen LogP contribution in [0.4, 0.5) is 0 Å². The molecule has 160 valence electrons. The lowest BCUT2D eigenvalue weighted by molar-refractivity contribution is 0.619. The third kappa shape index (κ3) is 2.84. The van der Waals surface area contributed by atoms with Gasteiger partial charge in [0.15, 0.2) is 11.6 Å². The molecule has 5 heteroatoms. The maximum atomic E-state index is 5.91. The molecule has 0 atom stereocenters. The van der Waals surface area contributed by atoms with Crippen LogP contribution in [0.15, 0.2) is 114 Å². The van der Waals surface area contributed by atoms with Crippen LogP contribution in [0.25, 0.3) is 61.5 Å². The molecule has 7 rings (SSSR count). The monoisotopic (exact) mass is 438 g/mol. The number of aromatic nitrogens is 4. The van der Waals surface area contributed by atoms with Crippen molar-refractivity contribution in [2.45, 2.75) is 0 Å². The first-order chi connectivity index (χ1) is 16.9. The van der Waals surface area contributed by atoms with Crippen molar-refractivity contribution < 1.29 is 4.42 Å². The number of para-hydroxylation sites is 1. The molecule has 0 bridgehead atoms. The summed E-state index contributed by atoms with van der Waals surface area (Å²) in [5, 5.41) is 3.23. The molecular formula is C29H18N4O. The Kier molecular flexibility index (Phi) is 4.08. The van der Waals surface area contributed by atoms with Gasteiger partial charge < -0.3 is 4.42 Å². The first kappa shape index (κ1) is 18.8. The Labute approximate surface area is 195 Å². The van der Waals surface area contributed by atoms with E-state index in [-0.39, 0.29) is 0 Å². The quantitative estimate of drug-likeness (QED) is 0.297. The van der Waals surface area contributed by atoms with Crippen molar-refractivity contribution in [2.24, 2.45) is 0 Å². The Balaban J connectivity index is 1.59. The smallest absolute Gasteiger partial charge is 0.238 e. The first-order valence-electron chi connectivity index (χ1n) is 11.1. The predicted molar refractivity (Wildman–Crippen MR) is 135 cm³/mol. The van der Waals surface area contributed by atoms with E-state index in [9.17, 15) is 0 Å². The molecule has 0 amide bonds. The number of fused-ring (bicyclic) bond motifs is 5. The van der Waals surface area contributed by atoms with Gasteiger partial charge in [-0.3, -0.25) is 4.57 Å². The largest absolute Gasteiger partial charge is 0.464 e. The minimum atomic E-state index is 0.574. The highest BCUT2D eigenvalue weighted by Crippen LogP contribution is 2.37. The lowest BCUT2D eigenvalue weighted by Crippen LogP contribution is -2.06. The number of nitrogens with zero attached hydrogens (tertiary/aromatic N) is 4. The van der Waals surface area contributed by atoms with Crippen LogP contribution in [-0.2, 0) is 0 Å². The Bertz CT molecular complexity index is 1740. The fourth-order valence-corrected chi connectivity index (χ4v) is 4.59. The average molecular weight is 438 g/mol. The van der Waals surface area contributed by atoms with E-state index in [4.69, 9.17) is 19.4 Å². The molecule has 3 aromatic heterocycles. The van der Waals surface area contributed by atoms with Crippen LogP contribution in [0.3, 0.4) is 0 Å². The first-order valence-corrected chi connectivity index (χ1v) is 11.1. The van der Waals surface area contributed by atoms with Gasteiger partial charge in [0, 0.05) is 21.9 Å². The van der Waals surface area contributed by atoms with Crippen LogP contribution >= 0.6 is 0 Å². The summed E-state index contributed by atoms with van der Waals surface area (Å²) in [6, 6.07) is 34.5. The summed E-state index contributed by atoms with van der Waals surface area (Å²) in [6.45, 7) is 0. The standard InChI is InChI=1S/C29H18N4O/c1-3-9-20(10-4-1)27-30-28(21-11-5-2-6-12-21)32-29(31-27)33-23-14-8-7-13-22(23)25-24(33)16-15-19-17-18-34-26(19)25/h1-18H. The third-order valence-electron chi connectivity index (χ3n) is 6.14. The van der Waals surface area contributed by atoms with Crippen molar-refractivity contribution in [1.29, 1.82) is 0 Å². The molecule has 34 heavy (non-hydrogen) atoms. The third-order valence-corrected chi connectivity index (χ3v) is 6.14. The number of hydrogen-bond donors (Lipinski definition) is 0. The van der Waals surface area contributed by atoms with E-state index in [1.165, 1.54) is 0 Å². The molecule has 0 fully saturated rings. The molecule has 5 nitrogen and oxygen atoms in total. The Morgan fingerprint density at radius 3 is 1.91 bits per heavy atom. The van der Waals surface area contributed by atoms with E-state index < -0.39 is 0 Å². The predicted octanol–water partition coefficient (Wildman–Crippen LogP) is 7.05. The van der Waals surface area contributed by atoms with Gasteiger partial charge in [0.2, 0.25) is 5.95 Å². The molecule has 0 N–H and O–H groups in total. The van der Waals surface area contributed by atoms with Gasteiger partial charge in [-0.05, 0) is 24.3 Å². The van der Waals surface area contributed by atoms with Gasteiger partial charge in [0.1, 0.15) is 5.58 Å². The molecule has 3 heterocycles. The van der Waals surface area contributed by atoms with Crippen molar-refractivity contribution >= 4 is 32.8 Å². The van der Waals surface area contributed by atoms with Gasteiger partial charge in [-0.2, -0.15) is 9.97 Å². The maximum absolute atomic E-state index is 5.91. The SMILES string of the molecule is c1ccc(-c2nc(-c3ccccc3)nc(-n3c4ccccc4c4c5occc5ccc43)n2)cc1. The molecule has 4 aromatic carbocycles. The Morgan fingerprint density at radius 2 is 1.21 bits per heavy atom. The zero-order chi connectivity index (χ0) is 22.5. The summed E-state index contributed by atoms with van der Waals surface area (Å²) < 4.78 is 8.01. The summed E-state index contributed by atoms with van der Waals surface area (Å²) in [7, 11) is 0. The molecular weight excluding hydrogens is 420 g/mol. The summed E-state index contributed by atoms with van der Waals surface area (Å²) in [5.41, 5.74) is 4.77. The normalized spacial score (nSPS) is 11.5. The topological polar surface area (TPSA) is 56.7 Å². The van der Waals surface area contributed by atoms with Crippen molar-refractivity contribution in [1.82, 2.24) is 19.5 Å². The average Bonchev–Trinajstić information content (AvgIpc) is 3.52. The van der Waals surface area contributed by atoms with Crippen molar-refractivity contribution in [3.63, 3.8) is 0 Å². The molecule has 0 aliphatic heterocycles. The molecule has 0 spiro atoms. The molecule has 7 aromatic rings. The highest BCUT2D eigenvalue weighted by Gasteiger charge is 2.19. The summed E-state index contributed by atoms with van der Waals surface area (Å²) in [6.07, 6.45) is 1.74. The number of benzene rings is 4. The van der Waals surface area contributed by atoms with E-state index in [2.05, 4.69) is 28.8 Å². The molecule has 0 unspecified atom stereocenters. The second kappa shape index (κ2) is 7.39. The minimum absolute atomic E-state index is 0.574. The zero-order valence-corrected chi connectivity index (χ0v) is 18.1. The van der Waals surface area contributed by atoms with Gasteiger partial charge >= 0.3 is 0 Å². The van der Waals surface area contributed by atoms with Gasteiger partial charge in [0.05, 0.1) is 22.7 Å². The second-order valence-electron chi connectivity index (χ2n) is 8.17.